The fourth-order valence-corrected chi connectivity index (χ4v) is 5.10. The number of para-hydroxylation sites is 1. The number of allylic oxidation sites excluding steroid dienone is 2. The third-order valence-corrected chi connectivity index (χ3v) is 6.58. The minimum absolute atomic E-state index is 0.131. The highest BCUT2D eigenvalue weighted by Gasteiger charge is 2.23. The van der Waals surface area contributed by atoms with Crippen LogP contribution in [0.3, 0.4) is 0 Å². The van der Waals surface area contributed by atoms with Gasteiger partial charge in [0, 0.05) is 34.5 Å². The van der Waals surface area contributed by atoms with Crippen molar-refractivity contribution in [2.45, 2.75) is 24.8 Å². The summed E-state index contributed by atoms with van der Waals surface area (Å²) in [4.78, 5) is 3.41. The van der Waals surface area contributed by atoms with Gasteiger partial charge in [-0.15, -0.1) is 0 Å². The minimum atomic E-state index is 0.131. The molecule has 0 radical (unpaired) electrons. The Morgan fingerprint density at radius 3 is 2.86 bits per heavy atom. The van der Waals surface area contributed by atoms with Gasteiger partial charge >= 0.3 is 0 Å². The molecule has 4 rings (SSSR count). The molecule has 2 aromatic carbocycles. The average Bonchev–Trinajstić information content (AvgIpc) is 3.07. The van der Waals surface area contributed by atoms with Crippen LogP contribution in [-0.4, -0.2) is 18.3 Å². The summed E-state index contributed by atoms with van der Waals surface area (Å²) in [6.45, 7) is 3.94. The van der Waals surface area contributed by atoms with E-state index in [2.05, 4.69) is 99.2 Å². The molecule has 0 unspecified atom stereocenters. The first-order chi connectivity index (χ1) is 14.2. The van der Waals surface area contributed by atoms with E-state index in [1.165, 1.54) is 27.0 Å². The van der Waals surface area contributed by atoms with E-state index in [0.29, 0.717) is 6.54 Å². The molecule has 0 bridgehead atoms. The SMILES string of the molecule is CCC[n+]1ccc(/C=C/C=C2\Sc3ccccc3N2CCO)c2ccc(Br)cc21. The molecule has 2 heterocycles. The number of aliphatic hydroxyl groups is 1. The number of hydrogen-bond acceptors (Lipinski definition) is 3. The number of pyridine rings is 1. The van der Waals surface area contributed by atoms with Crippen molar-refractivity contribution in [2.24, 2.45) is 0 Å². The number of aromatic nitrogens is 1. The Hall–Kier alpha value is -2.08. The van der Waals surface area contributed by atoms with Gasteiger partial charge in [0.05, 0.1) is 22.7 Å². The number of aliphatic hydroxyl groups excluding tert-OH is 1. The molecular weight excluding hydrogens is 444 g/mol. The van der Waals surface area contributed by atoms with Gasteiger partial charge in [-0.1, -0.05) is 58.9 Å². The van der Waals surface area contributed by atoms with E-state index in [0.717, 1.165) is 22.5 Å². The number of β-amino-alcohol motifs (C(OH)–C–C–N with tert-alkyl or cyclic N) is 1. The molecule has 0 fully saturated rings. The maximum Gasteiger partial charge on any atom is 0.214 e. The Morgan fingerprint density at radius 1 is 1.17 bits per heavy atom. The molecule has 148 valence electrons. The molecule has 1 aliphatic heterocycles. The fourth-order valence-electron chi connectivity index (χ4n) is 3.65. The van der Waals surface area contributed by atoms with Crippen molar-refractivity contribution >= 4 is 50.4 Å². The summed E-state index contributed by atoms with van der Waals surface area (Å²) in [5, 5.41) is 11.9. The first-order valence-corrected chi connectivity index (χ1v) is 11.5. The molecule has 1 N–H and O–H groups in total. The van der Waals surface area contributed by atoms with E-state index < -0.39 is 0 Å². The number of anilines is 1. The highest BCUT2D eigenvalue weighted by molar-refractivity contribution is 9.10. The lowest BCUT2D eigenvalue weighted by atomic mass is 10.1. The first-order valence-electron chi connectivity index (χ1n) is 9.86. The Balaban J connectivity index is 1.66. The predicted molar refractivity (Wildman–Crippen MR) is 126 cm³/mol. The summed E-state index contributed by atoms with van der Waals surface area (Å²) >= 11 is 5.35. The molecule has 3 nitrogen and oxygen atoms in total. The maximum absolute atomic E-state index is 9.48. The molecule has 0 atom stereocenters. The molecule has 0 spiro atoms. The summed E-state index contributed by atoms with van der Waals surface area (Å²) in [5.74, 6) is 0. The van der Waals surface area contributed by atoms with Gasteiger partial charge in [-0.2, -0.15) is 4.57 Å². The van der Waals surface area contributed by atoms with Crippen molar-refractivity contribution in [1.29, 1.82) is 0 Å². The molecule has 0 saturated carbocycles. The van der Waals surface area contributed by atoms with Gasteiger partial charge in [0.15, 0.2) is 6.20 Å². The van der Waals surface area contributed by atoms with Crippen molar-refractivity contribution in [3.05, 3.63) is 81.9 Å². The standard InChI is InChI=1S/C24H24BrN2OS/c1-2-13-26-14-12-18(20-11-10-19(25)17-22(20)26)6-5-9-24-27(15-16-28)21-7-3-4-8-23(21)29-24/h3-12,14,17,28H,2,13,15-16H2,1H3/q+1. The Kier molecular flexibility index (Phi) is 6.38. The van der Waals surface area contributed by atoms with Crippen LogP contribution < -0.4 is 9.47 Å². The third kappa shape index (κ3) is 4.27. The molecule has 29 heavy (non-hydrogen) atoms. The Bertz CT molecular complexity index is 1090. The fraction of sp³-hybridized carbons (Fsp3) is 0.208. The number of nitrogens with zero attached hydrogens (tertiary/aromatic N) is 2. The summed E-state index contributed by atoms with van der Waals surface area (Å²) < 4.78 is 3.40. The van der Waals surface area contributed by atoms with Gasteiger partial charge in [-0.25, -0.2) is 0 Å². The number of benzene rings is 2. The Morgan fingerprint density at radius 2 is 2.03 bits per heavy atom. The maximum atomic E-state index is 9.48. The second-order valence-electron chi connectivity index (χ2n) is 6.93. The number of hydrogen-bond donors (Lipinski definition) is 1. The van der Waals surface area contributed by atoms with Crippen molar-refractivity contribution < 1.29 is 9.67 Å². The van der Waals surface area contributed by atoms with E-state index in [1.54, 1.807) is 11.8 Å². The molecule has 3 aromatic rings. The third-order valence-electron chi connectivity index (χ3n) is 4.95. The van der Waals surface area contributed by atoms with E-state index >= 15 is 0 Å². The number of thioether (sulfide) groups is 1. The van der Waals surface area contributed by atoms with E-state index in [-0.39, 0.29) is 6.61 Å². The van der Waals surface area contributed by atoms with Crippen LogP contribution in [0.1, 0.15) is 18.9 Å². The lowest BCUT2D eigenvalue weighted by Gasteiger charge is -2.18. The molecule has 1 aromatic heterocycles. The summed E-state index contributed by atoms with van der Waals surface area (Å²) in [6, 6.07) is 17.0. The first kappa shape index (κ1) is 20.2. The van der Waals surface area contributed by atoms with Crippen LogP contribution in [0.2, 0.25) is 0 Å². The molecule has 0 saturated heterocycles. The van der Waals surface area contributed by atoms with Gasteiger partial charge in [-0.05, 0) is 35.9 Å². The normalized spacial score (nSPS) is 15.0. The van der Waals surface area contributed by atoms with Crippen molar-refractivity contribution in [3.63, 3.8) is 0 Å². The van der Waals surface area contributed by atoms with E-state index in [4.69, 9.17) is 0 Å². The number of rotatable bonds is 6. The van der Waals surface area contributed by atoms with Gasteiger partial charge in [0.1, 0.15) is 6.54 Å². The highest BCUT2D eigenvalue weighted by atomic mass is 79.9. The molecule has 0 amide bonds. The largest absolute Gasteiger partial charge is 0.395 e. The zero-order valence-corrected chi connectivity index (χ0v) is 18.8. The summed E-state index contributed by atoms with van der Waals surface area (Å²) in [6.07, 6.45) is 9.69. The topological polar surface area (TPSA) is 27.4 Å². The Labute approximate surface area is 184 Å². The molecule has 5 heteroatoms. The molecule has 0 aliphatic carbocycles. The summed E-state index contributed by atoms with van der Waals surface area (Å²) in [5.41, 5.74) is 3.60. The van der Waals surface area contributed by atoms with E-state index in [1.807, 2.05) is 6.07 Å². The number of halogens is 1. The van der Waals surface area contributed by atoms with Crippen molar-refractivity contribution in [3.8, 4) is 0 Å². The average molecular weight is 468 g/mol. The van der Waals surface area contributed by atoms with Crippen LogP contribution in [0, 0.1) is 0 Å². The zero-order chi connectivity index (χ0) is 20.2. The van der Waals surface area contributed by atoms with E-state index in [9.17, 15) is 5.11 Å². The van der Waals surface area contributed by atoms with Crippen LogP contribution in [0.4, 0.5) is 5.69 Å². The lowest BCUT2D eigenvalue weighted by molar-refractivity contribution is -0.671. The van der Waals surface area contributed by atoms with Crippen molar-refractivity contribution in [1.82, 2.24) is 0 Å². The van der Waals surface area contributed by atoms with Crippen LogP contribution in [0.15, 0.2) is 81.3 Å². The van der Waals surface area contributed by atoms with Gasteiger partial charge in [0.25, 0.3) is 0 Å². The minimum Gasteiger partial charge on any atom is -0.395 e. The van der Waals surface area contributed by atoms with Gasteiger partial charge in [0.2, 0.25) is 5.52 Å². The quantitative estimate of drug-likeness (QED) is 0.467. The van der Waals surface area contributed by atoms with Crippen LogP contribution in [0.25, 0.3) is 17.0 Å². The molecule has 1 aliphatic rings. The van der Waals surface area contributed by atoms with Crippen LogP contribution in [-0.2, 0) is 6.54 Å². The number of fused-ring (bicyclic) bond motifs is 2. The number of aryl methyl sites for hydroxylation is 1. The smallest absolute Gasteiger partial charge is 0.214 e. The highest BCUT2D eigenvalue weighted by Crippen LogP contribution is 2.45. The van der Waals surface area contributed by atoms with Crippen molar-refractivity contribution in [2.75, 3.05) is 18.1 Å². The van der Waals surface area contributed by atoms with Crippen LogP contribution >= 0.6 is 27.7 Å². The second-order valence-corrected chi connectivity index (χ2v) is 8.91. The molecular formula is C24H24BrN2OS+. The van der Waals surface area contributed by atoms with Gasteiger partial charge < -0.3 is 10.0 Å². The van der Waals surface area contributed by atoms with Crippen LogP contribution in [0.5, 0.6) is 0 Å². The zero-order valence-electron chi connectivity index (χ0n) is 16.4. The lowest BCUT2D eigenvalue weighted by Crippen LogP contribution is -2.33. The second kappa shape index (κ2) is 9.16. The summed E-state index contributed by atoms with van der Waals surface area (Å²) in [7, 11) is 0. The predicted octanol–water partition coefficient (Wildman–Crippen LogP) is 5.76. The van der Waals surface area contributed by atoms with Gasteiger partial charge in [-0.3, -0.25) is 0 Å². The monoisotopic (exact) mass is 467 g/mol.